The van der Waals surface area contributed by atoms with Gasteiger partial charge in [-0.05, 0) is 88.1 Å². The number of unbranched alkanes of at least 4 members (excludes halogenated alkanes) is 3. The molecule has 273 valence electrons. The van der Waals surface area contributed by atoms with E-state index in [1.54, 1.807) is 0 Å². The van der Waals surface area contributed by atoms with Crippen LogP contribution in [0.15, 0.2) is 34.3 Å². The van der Waals surface area contributed by atoms with Crippen molar-refractivity contribution in [3.8, 4) is 11.5 Å². The van der Waals surface area contributed by atoms with E-state index in [0.717, 1.165) is 53.5 Å². The van der Waals surface area contributed by atoms with Gasteiger partial charge in [0.1, 0.15) is 11.5 Å². The van der Waals surface area contributed by atoms with Crippen molar-refractivity contribution in [2.24, 2.45) is 9.98 Å². The number of rotatable bonds is 18. The minimum Gasteiger partial charge on any atom is -0.507 e. The van der Waals surface area contributed by atoms with E-state index in [9.17, 15) is 10.2 Å². The summed E-state index contributed by atoms with van der Waals surface area (Å²) in [6.07, 6.45) is 17.1. The van der Waals surface area contributed by atoms with Crippen LogP contribution in [0.2, 0.25) is 19.1 Å². The van der Waals surface area contributed by atoms with Gasteiger partial charge in [0.25, 0.3) is 0 Å². The second-order valence-corrected chi connectivity index (χ2v) is 19.9. The molecule has 0 heterocycles. The average molecular weight is 723 g/mol. The van der Waals surface area contributed by atoms with Crippen LogP contribution in [0.1, 0.15) is 119 Å². The molecule has 2 aromatic rings. The fourth-order valence-electron chi connectivity index (χ4n) is 7.33. The van der Waals surface area contributed by atoms with Crippen molar-refractivity contribution >= 4 is 25.7 Å². The first kappa shape index (κ1) is 44.1. The molecule has 2 atom stereocenters. The molecule has 0 aliphatic heterocycles. The second-order valence-electron chi connectivity index (χ2n) is 15.0. The van der Waals surface area contributed by atoms with Crippen LogP contribution in [0.3, 0.4) is 0 Å². The fraction of sp³-hybridized carbons (Fsp3) is 0.634. The van der Waals surface area contributed by atoms with Gasteiger partial charge >= 0.3 is 0 Å². The van der Waals surface area contributed by atoms with Crippen LogP contribution in [-0.2, 0) is 16.8 Å². The predicted octanol–water partition coefficient (Wildman–Crippen LogP) is 9.84. The topological polar surface area (TPSA) is 65.2 Å². The number of aryl methyl sites for hydroxylation is 3. The van der Waals surface area contributed by atoms with Gasteiger partial charge in [0.2, 0.25) is 0 Å². The quantitative estimate of drug-likeness (QED) is 0.0697. The number of aliphatic imine (C=N–C) groups is 2. The summed E-state index contributed by atoms with van der Waals surface area (Å²) in [4.78, 5) is 10.0. The molecule has 1 radical (unpaired) electrons. The van der Waals surface area contributed by atoms with Crippen molar-refractivity contribution in [3.05, 3.63) is 59.5 Å². The minimum atomic E-state index is -1.74. The van der Waals surface area contributed by atoms with Gasteiger partial charge in [-0.3, -0.25) is 9.98 Å². The number of aromatic hydroxyl groups is 2. The summed E-state index contributed by atoms with van der Waals surface area (Å²) < 4.78 is 1.31. The summed E-state index contributed by atoms with van der Waals surface area (Å²) >= 11 is 0. The van der Waals surface area contributed by atoms with Crippen molar-refractivity contribution in [1.82, 2.24) is 0 Å². The summed E-state index contributed by atoms with van der Waals surface area (Å²) in [6, 6.07) is 9.89. The van der Waals surface area contributed by atoms with Crippen LogP contribution < -0.4 is 5.19 Å². The van der Waals surface area contributed by atoms with E-state index in [-0.39, 0.29) is 36.3 Å². The van der Waals surface area contributed by atoms with Crippen LogP contribution in [0.5, 0.6) is 11.5 Å². The Labute approximate surface area is 306 Å². The minimum absolute atomic E-state index is 0. The Morgan fingerprint density at radius 3 is 1.62 bits per heavy atom. The van der Waals surface area contributed by atoms with Gasteiger partial charge in [-0.1, -0.05) is 89.4 Å². The van der Waals surface area contributed by atoms with Crippen molar-refractivity contribution in [2.75, 3.05) is 26.2 Å². The van der Waals surface area contributed by atoms with Gasteiger partial charge in [-0.15, -0.1) is 0 Å². The number of hydrogen-bond acceptors (Lipinski definition) is 4. The zero-order valence-electron chi connectivity index (χ0n) is 32.0. The zero-order chi connectivity index (χ0) is 33.7. The van der Waals surface area contributed by atoms with Crippen LogP contribution in [0, 0.1) is 28.2 Å². The Morgan fingerprint density at radius 1 is 0.708 bits per heavy atom. The first-order valence-electron chi connectivity index (χ1n) is 18.5. The van der Waals surface area contributed by atoms with Gasteiger partial charge in [-0.2, -0.15) is 0 Å². The fourth-order valence-corrected chi connectivity index (χ4v) is 9.82. The molecule has 0 bridgehead atoms. The number of hydrogen-bond donors (Lipinski definition) is 2. The molecule has 0 unspecified atom stereocenters. The van der Waals surface area contributed by atoms with E-state index >= 15 is 0 Å². The number of quaternary nitrogens is 1. The van der Waals surface area contributed by atoms with E-state index in [2.05, 4.69) is 46.0 Å². The van der Waals surface area contributed by atoms with Crippen molar-refractivity contribution in [3.63, 3.8) is 0 Å². The molecule has 0 saturated heterocycles. The molecule has 1 fully saturated rings. The van der Waals surface area contributed by atoms with E-state index < -0.39 is 8.07 Å². The molecular weight excluding hydrogens is 653 g/mol. The summed E-state index contributed by atoms with van der Waals surface area (Å²) in [5.41, 5.74) is 4.56. The smallest absolute Gasteiger partial charge is 0.127 e. The molecule has 0 amide bonds. The third kappa shape index (κ3) is 12.7. The molecule has 2 N–H and O–H groups in total. The molecule has 3 rings (SSSR count). The number of phenols is 2. The Morgan fingerprint density at radius 2 is 1.15 bits per heavy atom. The maximum atomic E-state index is 11.1. The van der Waals surface area contributed by atoms with Crippen LogP contribution >= 0.6 is 0 Å². The van der Waals surface area contributed by atoms with Crippen LogP contribution in [0.25, 0.3) is 0 Å². The van der Waals surface area contributed by atoms with Gasteiger partial charge in [0.15, 0.2) is 0 Å². The molecule has 1 aliphatic carbocycles. The van der Waals surface area contributed by atoms with Crippen molar-refractivity contribution < 1.29 is 31.5 Å². The molecule has 1 saturated carbocycles. The van der Waals surface area contributed by atoms with E-state index in [1.165, 1.54) is 86.8 Å². The third-order valence-electron chi connectivity index (χ3n) is 10.5. The molecule has 48 heavy (non-hydrogen) atoms. The largest absolute Gasteiger partial charge is 0.507 e. The zero-order valence-corrected chi connectivity index (χ0v) is 34.0. The molecule has 5 nitrogen and oxygen atoms in total. The Bertz CT molecular complexity index is 1290. The predicted molar refractivity (Wildman–Crippen MR) is 209 cm³/mol. The average Bonchev–Trinajstić information content (AvgIpc) is 3.03. The van der Waals surface area contributed by atoms with E-state index in [0.29, 0.717) is 11.5 Å². The summed E-state index contributed by atoms with van der Waals surface area (Å²) in [5, 5.41) is 23.1. The van der Waals surface area contributed by atoms with Crippen LogP contribution in [-0.4, -0.2) is 73.5 Å². The van der Waals surface area contributed by atoms with Crippen molar-refractivity contribution in [1.29, 1.82) is 0 Å². The summed E-state index contributed by atoms with van der Waals surface area (Å²) in [7, 11) is -1.74. The molecular formula is C41H69CoN3O2Si. The van der Waals surface area contributed by atoms with Crippen LogP contribution in [0.4, 0.5) is 0 Å². The first-order chi connectivity index (χ1) is 21.9. The molecule has 0 aromatic heterocycles. The summed E-state index contributed by atoms with van der Waals surface area (Å²) in [5.74, 6) is 0.657. The SMILES string of the molecule is CCCC[N+](CCCC)(CCCC)CCC[Si](C)(C)c1cc(C)c(O)c(C=N[C@H]2CCCC[C@@H]2N=Cc2cc(C)cc(C)c2O)c1.[CH3-].[Co]. The number of phenolic OH excluding ortho intramolecular Hbond substituents is 2. The van der Waals surface area contributed by atoms with Gasteiger partial charge in [-0.25, -0.2) is 0 Å². The van der Waals surface area contributed by atoms with Gasteiger partial charge in [0, 0.05) is 40.3 Å². The monoisotopic (exact) mass is 722 g/mol. The first-order valence-corrected chi connectivity index (χ1v) is 21.7. The molecule has 1 aliphatic rings. The van der Waals surface area contributed by atoms with Crippen molar-refractivity contribution in [2.45, 2.75) is 143 Å². The molecule has 7 heteroatoms. The standard InChI is InChI=1S/C40H65N3O2Si.CH3.Co/c1-9-12-20-43(21-13-10-2,22-14-11-3)23-17-24-46(7,8)36-27-33(6)40(45)35(28-36)30-42-38-19-16-15-18-37(38)41-29-34-26-31(4)25-32(5)39(34)44;;/h25-30,37-38H,9-24H2,1-8H3,(H-,41,42,44,45);1H3;/q;-1;/p+1/t37-,38-;;/m0../s1. The Hall–Kier alpha value is -1.94. The Balaban J connectivity index is 0.00000576. The third-order valence-corrected chi connectivity index (χ3v) is 13.9. The van der Waals surface area contributed by atoms with Gasteiger partial charge < -0.3 is 22.1 Å². The second kappa shape index (κ2) is 21.3. The normalized spacial score (nSPS) is 17.1. The maximum Gasteiger partial charge on any atom is 0.127 e. The Kier molecular flexibility index (Phi) is 19.6. The van der Waals surface area contributed by atoms with E-state index in [1.807, 2.05) is 45.3 Å². The van der Waals surface area contributed by atoms with Gasteiger partial charge in [0.05, 0.1) is 46.3 Å². The van der Waals surface area contributed by atoms with E-state index in [4.69, 9.17) is 9.98 Å². The summed E-state index contributed by atoms with van der Waals surface area (Å²) in [6.45, 7) is 23.3. The number of benzene rings is 2. The maximum absolute atomic E-state index is 11.1. The number of nitrogens with zero attached hydrogens (tertiary/aromatic N) is 3. The molecule has 2 aromatic carbocycles. The molecule has 0 spiro atoms.